The summed E-state index contributed by atoms with van der Waals surface area (Å²) >= 11 is 0. The van der Waals surface area contributed by atoms with Crippen LogP contribution < -0.4 is 0 Å². The number of aromatic nitrogens is 3. The van der Waals surface area contributed by atoms with E-state index in [1.807, 2.05) is 60.7 Å². The molecule has 0 amide bonds. The SMILES string of the molecule is [2H]C([2H])([2H])c1ccc(-c2nc(-c3ccc(-c4ccccc4)cc3)nc(-c3ccc4c(c3)oc3cccc(-c5ccc(-c6ccccc6)cc5)c34)n2)cc1. The van der Waals surface area contributed by atoms with Crippen LogP contribution in [0.3, 0.4) is 0 Å². The topological polar surface area (TPSA) is 51.8 Å². The number of fused-ring (bicyclic) bond motifs is 3. The number of hydrogen-bond acceptors (Lipinski definition) is 4. The lowest BCUT2D eigenvalue weighted by Crippen LogP contribution is -2.00. The Kier molecular flexibility index (Phi) is 6.54. The molecule has 0 saturated carbocycles. The second-order valence-corrected chi connectivity index (χ2v) is 12.3. The minimum atomic E-state index is -2.21. The molecule has 0 N–H and O–H groups in total. The highest BCUT2D eigenvalue weighted by molar-refractivity contribution is 6.13. The van der Waals surface area contributed by atoms with Gasteiger partial charge in [0.1, 0.15) is 11.2 Å². The van der Waals surface area contributed by atoms with Crippen molar-refractivity contribution in [2.24, 2.45) is 0 Å². The van der Waals surface area contributed by atoms with Crippen LogP contribution in [0.25, 0.3) is 89.5 Å². The van der Waals surface area contributed by atoms with E-state index in [2.05, 4.69) is 84.9 Å². The lowest BCUT2D eigenvalue weighted by molar-refractivity contribution is 0.669. The molecule has 50 heavy (non-hydrogen) atoms. The van der Waals surface area contributed by atoms with Crippen molar-refractivity contribution in [2.75, 3.05) is 0 Å². The third-order valence-corrected chi connectivity index (χ3v) is 9.09. The van der Waals surface area contributed by atoms with E-state index in [9.17, 15) is 0 Å². The number of benzene rings is 7. The summed E-state index contributed by atoms with van der Waals surface area (Å²) in [6, 6.07) is 56.3. The van der Waals surface area contributed by atoms with Crippen molar-refractivity contribution in [3.05, 3.63) is 175 Å². The number of nitrogens with zero attached hydrogens (tertiary/aromatic N) is 3. The zero-order chi connectivity index (χ0) is 35.9. The third-order valence-electron chi connectivity index (χ3n) is 9.09. The fourth-order valence-corrected chi connectivity index (χ4v) is 6.50. The van der Waals surface area contributed by atoms with Gasteiger partial charge in [-0.2, -0.15) is 0 Å². The van der Waals surface area contributed by atoms with Gasteiger partial charge in [-0.15, -0.1) is 0 Å². The van der Waals surface area contributed by atoms with E-state index >= 15 is 0 Å². The van der Waals surface area contributed by atoms with Gasteiger partial charge in [0.2, 0.25) is 0 Å². The van der Waals surface area contributed by atoms with E-state index < -0.39 is 6.85 Å². The van der Waals surface area contributed by atoms with E-state index in [0.717, 1.165) is 55.3 Å². The Balaban J connectivity index is 1.13. The predicted octanol–water partition coefficient (Wildman–Crippen LogP) is 12.1. The second-order valence-electron chi connectivity index (χ2n) is 12.3. The minimum Gasteiger partial charge on any atom is -0.456 e. The molecule has 0 bridgehead atoms. The van der Waals surface area contributed by atoms with Crippen LogP contribution in [0.15, 0.2) is 174 Å². The lowest BCUT2D eigenvalue weighted by atomic mass is 9.96. The van der Waals surface area contributed by atoms with E-state index in [1.165, 1.54) is 11.1 Å². The normalized spacial score (nSPS) is 12.4. The Morgan fingerprint density at radius 2 is 0.880 bits per heavy atom. The maximum Gasteiger partial charge on any atom is 0.164 e. The van der Waals surface area contributed by atoms with E-state index in [-0.39, 0.29) is 5.56 Å². The molecular formula is C46H31N3O. The first-order valence-corrected chi connectivity index (χ1v) is 16.5. The molecule has 4 nitrogen and oxygen atoms in total. The first-order chi connectivity index (χ1) is 25.9. The fourth-order valence-electron chi connectivity index (χ4n) is 6.50. The van der Waals surface area contributed by atoms with Crippen LogP contribution in [0.5, 0.6) is 0 Å². The summed E-state index contributed by atoms with van der Waals surface area (Å²) < 4.78 is 29.9. The molecule has 2 aromatic heterocycles. The standard InChI is InChI=1S/C46H31N3O/c1-30-15-17-36(18-16-30)44-47-45(37-25-21-34(22-26-37)32-11-6-3-7-12-32)49-46(48-44)38-27-28-40-42(29-38)50-41-14-8-13-39(43(40)41)35-23-19-33(20-24-35)31-9-4-2-5-10-31/h2-29H,1H3/i1D3. The van der Waals surface area contributed by atoms with Gasteiger partial charge in [0.15, 0.2) is 17.5 Å². The van der Waals surface area contributed by atoms with Crippen molar-refractivity contribution >= 4 is 21.9 Å². The molecule has 0 aliphatic carbocycles. The Labute approximate surface area is 294 Å². The number of hydrogen-bond donors (Lipinski definition) is 0. The summed E-state index contributed by atoms with van der Waals surface area (Å²) in [7, 11) is 0. The molecule has 4 heteroatoms. The van der Waals surface area contributed by atoms with Crippen LogP contribution in [0.2, 0.25) is 0 Å². The third kappa shape index (κ3) is 5.53. The van der Waals surface area contributed by atoms with Gasteiger partial charge >= 0.3 is 0 Å². The molecule has 9 aromatic rings. The molecule has 0 atom stereocenters. The van der Waals surface area contributed by atoms with Crippen LogP contribution in [0.1, 0.15) is 9.68 Å². The average Bonchev–Trinajstić information content (AvgIpc) is 3.59. The molecule has 0 aliphatic rings. The molecule has 0 fully saturated rings. The van der Waals surface area contributed by atoms with Gasteiger partial charge in [0, 0.05) is 31.6 Å². The Morgan fingerprint density at radius 3 is 1.46 bits per heavy atom. The second kappa shape index (κ2) is 12.4. The molecular weight excluding hydrogens is 611 g/mol. The zero-order valence-corrected chi connectivity index (χ0v) is 26.9. The molecule has 7 aromatic carbocycles. The largest absolute Gasteiger partial charge is 0.456 e. The summed E-state index contributed by atoms with van der Waals surface area (Å²) in [5, 5.41) is 2.05. The van der Waals surface area contributed by atoms with Gasteiger partial charge < -0.3 is 4.42 Å². The highest BCUT2D eigenvalue weighted by atomic mass is 16.3. The molecule has 9 rings (SSSR count). The Morgan fingerprint density at radius 1 is 0.400 bits per heavy atom. The number of aryl methyl sites for hydroxylation is 1. The van der Waals surface area contributed by atoms with Crippen LogP contribution in [0.4, 0.5) is 0 Å². The van der Waals surface area contributed by atoms with Gasteiger partial charge in [-0.1, -0.05) is 157 Å². The highest BCUT2D eigenvalue weighted by Crippen LogP contribution is 2.39. The highest BCUT2D eigenvalue weighted by Gasteiger charge is 2.17. The number of rotatable bonds is 6. The van der Waals surface area contributed by atoms with Crippen molar-refractivity contribution in [1.29, 1.82) is 0 Å². The van der Waals surface area contributed by atoms with Gasteiger partial charge in [-0.25, -0.2) is 15.0 Å². The summed E-state index contributed by atoms with van der Waals surface area (Å²) in [6.07, 6.45) is 0. The molecule has 0 aliphatic heterocycles. The molecule has 236 valence electrons. The molecule has 0 spiro atoms. The first-order valence-electron chi connectivity index (χ1n) is 18.0. The fraction of sp³-hybridized carbons (Fsp3) is 0.0217. The summed E-state index contributed by atoms with van der Waals surface area (Å²) in [5.41, 5.74) is 10.8. The van der Waals surface area contributed by atoms with Crippen LogP contribution in [-0.2, 0) is 0 Å². The van der Waals surface area contributed by atoms with Crippen LogP contribution >= 0.6 is 0 Å². The van der Waals surface area contributed by atoms with Crippen molar-refractivity contribution < 1.29 is 8.53 Å². The Bertz CT molecular complexity index is 2720. The average molecular weight is 645 g/mol. The van der Waals surface area contributed by atoms with E-state index in [1.54, 1.807) is 24.3 Å². The summed E-state index contributed by atoms with van der Waals surface area (Å²) in [6.45, 7) is -2.21. The zero-order valence-electron chi connectivity index (χ0n) is 29.9. The predicted molar refractivity (Wildman–Crippen MR) is 204 cm³/mol. The monoisotopic (exact) mass is 644 g/mol. The van der Waals surface area contributed by atoms with Gasteiger partial charge in [0.05, 0.1) is 0 Å². The van der Waals surface area contributed by atoms with E-state index in [0.29, 0.717) is 23.0 Å². The van der Waals surface area contributed by atoms with Crippen molar-refractivity contribution in [3.63, 3.8) is 0 Å². The Hall–Kier alpha value is -6.65. The molecule has 0 unspecified atom stereocenters. The smallest absolute Gasteiger partial charge is 0.164 e. The number of furan rings is 1. The van der Waals surface area contributed by atoms with E-state index in [4.69, 9.17) is 23.5 Å². The van der Waals surface area contributed by atoms with Crippen molar-refractivity contribution in [3.8, 4) is 67.5 Å². The van der Waals surface area contributed by atoms with Gasteiger partial charge in [-0.3, -0.25) is 0 Å². The van der Waals surface area contributed by atoms with Crippen molar-refractivity contribution in [1.82, 2.24) is 15.0 Å². The summed E-state index contributed by atoms with van der Waals surface area (Å²) in [5.74, 6) is 1.44. The lowest BCUT2D eigenvalue weighted by Gasteiger charge is -2.09. The summed E-state index contributed by atoms with van der Waals surface area (Å²) in [4.78, 5) is 14.7. The minimum absolute atomic E-state index is 0.258. The first kappa shape index (κ1) is 26.3. The molecule has 0 radical (unpaired) electrons. The molecule has 0 saturated heterocycles. The van der Waals surface area contributed by atoms with Gasteiger partial charge in [-0.05, 0) is 58.4 Å². The van der Waals surface area contributed by atoms with Gasteiger partial charge in [0.25, 0.3) is 0 Å². The quantitative estimate of drug-likeness (QED) is 0.181. The maximum absolute atomic E-state index is 7.81. The van der Waals surface area contributed by atoms with Crippen LogP contribution in [0, 0.1) is 6.85 Å². The van der Waals surface area contributed by atoms with Crippen molar-refractivity contribution in [2.45, 2.75) is 6.85 Å². The molecule has 2 heterocycles. The van der Waals surface area contributed by atoms with Crippen LogP contribution in [-0.4, -0.2) is 15.0 Å². The maximum atomic E-state index is 7.81.